The maximum Gasteiger partial charge on any atom is 0.276 e. The Kier molecular flexibility index (Phi) is 4.16. The topological polar surface area (TPSA) is 52.4 Å². The molecule has 0 bridgehead atoms. The van der Waals surface area contributed by atoms with Crippen molar-refractivity contribution in [1.82, 2.24) is 0 Å². The molecule has 5 heteroatoms. The van der Waals surface area contributed by atoms with Gasteiger partial charge in [-0.2, -0.15) is 0 Å². The van der Waals surface area contributed by atoms with E-state index in [2.05, 4.69) is 15.9 Å². The number of benzene rings is 2. The van der Waals surface area contributed by atoms with Crippen molar-refractivity contribution in [2.24, 2.45) is 0 Å². The molecule has 0 saturated heterocycles. The number of rotatable bonds is 4. The second-order valence-corrected chi connectivity index (χ2v) is 5.04. The Labute approximate surface area is 119 Å². The van der Waals surface area contributed by atoms with Crippen molar-refractivity contribution < 1.29 is 9.66 Å². The average Bonchev–Trinajstić information content (AvgIpc) is 2.39. The molecule has 2 aromatic rings. The van der Waals surface area contributed by atoms with E-state index in [0.717, 1.165) is 10.0 Å². The van der Waals surface area contributed by atoms with Gasteiger partial charge in [0, 0.05) is 10.0 Å². The van der Waals surface area contributed by atoms with Gasteiger partial charge < -0.3 is 4.74 Å². The summed E-state index contributed by atoms with van der Waals surface area (Å²) in [6.07, 6.45) is 0. The molecule has 98 valence electrons. The fourth-order valence-electron chi connectivity index (χ4n) is 1.62. The molecule has 0 aliphatic rings. The van der Waals surface area contributed by atoms with Crippen molar-refractivity contribution in [3.05, 3.63) is 68.2 Å². The van der Waals surface area contributed by atoms with E-state index in [0.29, 0.717) is 17.9 Å². The van der Waals surface area contributed by atoms with Gasteiger partial charge in [0.25, 0.3) is 5.69 Å². The third-order valence-corrected chi connectivity index (χ3v) is 3.22. The van der Waals surface area contributed by atoms with E-state index in [1.165, 1.54) is 6.07 Å². The lowest BCUT2D eigenvalue weighted by Crippen LogP contribution is -1.97. The standard InChI is InChI=1S/C14H12BrNO3/c1-10-2-7-13(8-14(10)16(17)18)19-9-11-3-5-12(15)6-4-11/h2-8H,9H2,1H3. The molecule has 0 aromatic heterocycles. The van der Waals surface area contributed by atoms with Crippen molar-refractivity contribution in [2.45, 2.75) is 13.5 Å². The first kappa shape index (κ1) is 13.5. The lowest BCUT2D eigenvalue weighted by atomic mass is 10.2. The zero-order chi connectivity index (χ0) is 13.8. The molecular formula is C14H12BrNO3. The van der Waals surface area contributed by atoms with Crippen molar-refractivity contribution in [3.8, 4) is 5.75 Å². The lowest BCUT2D eigenvalue weighted by molar-refractivity contribution is -0.385. The minimum absolute atomic E-state index is 0.0771. The molecule has 0 aliphatic heterocycles. The lowest BCUT2D eigenvalue weighted by Gasteiger charge is -2.07. The first-order valence-corrected chi connectivity index (χ1v) is 6.48. The van der Waals surface area contributed by atoms with Crippen LogP contribution >= 0.6 is 15.9 Å². The molecule has 0 unspecified atom stereocenters. The van der Waals surface area contributed by atoms with E-state index in [1.54, 1.807) is 19.1 Å². The maximum atomic E-state index is 10.8. The second kappa shape index (κ2) is 5.84. The van der Waals surface area contributed by atoms with Crippen LogP contribution in [0.1, 0.15) is 11.1 Å². The predicted octanol–water partition coefficient (Wildman–Crippen LogP) is 4.24. The normalized spacial score (nSPS) is 10.2. The van der Waals surface area contributed by atoms with E-state index in [-0.39, 0.29) is 5.69 Å². The number of nitro groups is 1. The minimum Gasteiger partial charge on any atom is -0.489 e. The number of nitrogens with zero attached hydrogens (tertiary/aromatic N) is 1. The molecule has 19 heavy (non-hydrogen) atoms. The Balaban J connectivity index is 2.09. The van der Waals surface area contributed by atoms with Gasteiger partial charge in [-0.1, -0.05) is 28.1 Å². The van der Waals surface area contributed by atoms with Crippen molar-refractivity contribution in [2.75, 3.05) is 0 Å². The van der Waals surface area contributed by atoms with Gasteiger partial charge in [0.1, 0.15) is 12.4 Å². The first-order valence-electron chi connectivity index (χ1n) is 5.68. The van der Waals surface area contributed by atoms with Crippen LogP contribution in [0.2, 0.25) is 0 Å². The summed E-state index contributed by atoms with van der Waals surface area (Å²) < 4.78 is 6.56. The van der Waals surface area contributed by atoms with Crippen LogP contribution in [0, 0.1) is 17.0 Å². The summed E-state index contributed by atoms with van der Waals surface area (Å²) in [5.41, 5.74) is 1.71. The monoisotopic (exact) mass is 321 g/mol. The molecule has 0 amide bonds. The van der Waals surface area contributed by atoms with Crippen LogP contribution in [0.25, 0.3) is 0 Å². The molecule has 4 nitrogen and oxygen atoms in total. The summed E-state index contributed by atoms with van der Waals surface area (Å²) >= 11 is 3.36. The Morgan fingerprint density at radius 1 is 1.21 bits per heavy atom. The summed E-state index contributed by atoms with van der Waals surface area (Å²) in [6.45, 7) is 2.09. The largest absolute Gasteiger partial charge is 0.489 e. The van der Waals surface area contributed by atoms with E-state index in [1.807, 2.05) is 24.3 Å². The van der Waals surface area contributed by atoms with Crippen LogP contribution in [0.5, 0.6) is 5.75 Å². The highest BCUT2D eigenvalue weighted by atomic mass is 79.9. The minimum atomic E-state index is -0.401. The maximum absolute atomic E-state index is 10.8. The summed E-state index contributed by atoms with van der Waals surface area (Å²) in [4.78, 5) is 10.4. The Bertz CT molecular complexity index is 596. The quantitative estimate of drug-likeness (QED) is 0.625. The Morgan fingerprint density at radius 3 is 2.53 bits per heavy atom. The SMILES string of the molecule is Cc1ccc(OCc2ccc(Br)cc2)cc1[N+](=O)[O-]. The van der Waals surface area contributed by atoms with Gasteiger partial charge in [0.2, 0.25) is 0 Å². The summed E-state index contributed by atoms with van der Waals surface area (Å²) in [5.74, 6) is 0.500. The Hall–Kier alpha value is -1.88. The third kappa shape index (κ3) is 3.54. The van der Waals surface area contributed by atoms with Crippen molar-refractivity contribution in [1.29, 1.82) is 0 Å². The highest BCUT2D eigenvalue weighted by Crippen LogP contribution is 2.24. The summed E-state index contributed by atoms with van der Waals surface area (Å²) in [5, 5.41) is 10.8. The average molecular weight is 322 g/mol. The fraction of sp³-hybridized carbons (Fsp3) is 0.143. The van der Waals surface area contributed by atoms with Crippen molar-refractivity contribution >= 4 is 21.6 Å². The number of hydrogen-bond acceptors (Lipinski definition) is 3. The number of ether oxygens (including phenoxy) is 1. The van der Waals surface area contributed by atoms with Crippen LogP contribution in [0.3, 0.4) is 0 Å². The molecule has 0 N–H and O–H groups in total. The molecule has 0 spiro atoms. The molecule has 0 fully saturated rings. The van der Waals surface area contributed by atoms with Crippen LogP contribution in [-0.4, -0.2) is 4.92 Å². The van der Waals surface area contributed by atoms with Crippen LogP contribution in [-0.2, 0) is 6.61 Å². The number of halogens is 1. The summed E-state index contributed by atoms with van der Waals surface area (Å²) in [6, 6.07) is 12.6. The van der Waals surface area contributed by atoms with Gasteiger partial charge in [0.05, 0.1) is 11.0 Å². The highest BCUT2D eigenvalue weighted by Gasteiger charge is 2.11. The molecule has 0 radical (unpaired) electrons. The van der Waals surface area contributed by atoms with Gasteiger partial charge in [-0.25, -0.2) is 0 Å². The van der Waals surface area contributed by atoms with E-state index in [9.17, 15) is 10.1 Å². The van der Waals surface area contributed by atoms with E-state index >= 15 is 0 Å². The van der Waals surface area contributed by atoms with E-state index < -0.39 is 4.92 Å². The number of hydrogen-bond donors (Lipinski definition) is 0. The zero-order valence-electron chi connectivity index (χ0n) is 10.3. The second-order valence-electron chi connectivity index (χ2n) is 4.12. The fourth-order valence-corrected chi connectivity index (χ4v) is 1.89. The Morgan fingerprint density at radius 2 is 1.89 bits per heavy atom. The number of aryl methyl sites for hydroxylation is 1. The van der Waals surface area contributed by atoms with Crippen LogP contribution < -0.4 is 4.74 Å². The van der Waals surface area contributed by atoms with Gasteiger partial charge in [0.15, 0.2) is 0 Å². The molecule has 0 aliphatic carbocycles. The van der Waals surface area contributed by atoms with Crippen molar-refractivity contribution in [3.63, 3.8) is 0 Å². The van der Waals surface area contributed by atoms with Gasteiger partial charge in [-0.3, -0.25) is 10.1 Å². The zero-order valence-corrected chi connectivity index (χ0v) is 11.9. The third-order valence-electron chi connectivity index (χ3n) is 2.70. The summed E-state index contributed by atoms with van der Waals surface area (Å²) in [7, 11) is 0. The smallest absolute Gasteiger partial charge is 0.276 e. The van der Waals surface area contributed by atoms with Gasteiger partial charge in [-0.05, 0) is 36.8 Å². The van der Waals surface area contributed by atoms with Crippen LogP contribution in [0.15, 0.2) is 46.9 Å². The van der Waals surface area contributed by atoms with Gasteiger partial charge >= 0.3 is 0 Å². The first-order chi connectivity index (χ1) is 9.06. The molecule has 2 aromatic carbocycles. The molecular weight excluding hydrogens is 310 g/mol. The highest BCUT2D eigenvalue weighted by molar-refractivity contribution is 9.10. The predicted molar refractivity (Wildman–Crippen MR) is 76.3 cm³/mol. The van der Waals surface area contributed by atoms with Gasteiger partial charge in [-0.15, -0.1) is 0 Å². The molecule has 0 heterocycles. The van der Waals surface area contributed by atoms with E-state index in [4.69, 9.17) is 4.74 Å². The molecule has 0 saturated carbocycles. The number of nitro benzene ring substituents is 1. The molecule has 0 atom stereocenters. The van der Waals surface area contributed by atoms with Crippen LogP contribution in [0.4, 0.5) is 5.69 Å². The molecule has 2 rings (SSSR count).